The van der Waals surface area contributed by atoms with Crippen molar-refractivity contribution in [2.45, 2.75) is 13.0 Å². The fourth-order valence-electron chi connectivity index (χ4n) is 1.84. The fraction of sp³-hybridized carbons (Fsp3) is 0.273. The molecule has 18 heavy (non-hydrogen) atoms. The van der Waals surface area contributed by atoms with Gasteiger partial charge in [-0.25, -0.2) is 0 Å². The van der Waals surface area contributed by atoms with Crippen molar-refractivity contribution in [3.8, 4) is 0 Å². The molecule has 2 aromatic rings. The number of anilines is 1. The maximum atomic E-state index is 11.9. The predicted molar refractivity (Wildman–Crippen MR) is 69.2 cm³/mol. The summed E-state index contributed by atoms with van der Waals surface area (Å²) in [5, 5.41) is 9.89. The molecular weight excluding hydrogens is 274 g/mol. The summed E-state index contributed by atoms with van der Waals surface area (Å²) < 4.78 is 5.75. The molecule has 1 aliphatic heterocycles. The zero-order chi connectivity index (χ0) is 12.5. The molecule has 1 amide bonds. The number of nitrogens with zero attached hydrogens (tertiary/aromatic N) is 1. The molecule has 3 heterocycles. The van der Waals surface area contributed by atoms with E-state index in [0.29, 0.717) is 21.6 Å². The van der Waals surface area contributed by atoms with Crippen LogP contribution in [0.15, 0.2) is 16.7 Å². The van der Waals surface area contributed by atoms with Gasteiger partial charge in [0, 0.05) is 19.5 Å². The molecule has 2 N–H and O–H groups in total. The van der Waals surface area contributed by atoms with Crippen LogP contribution in [0, 0.1) is 0 Å². The number of nitrogens with one attached hydrogen (secondary N) is 2. The SMILES string of the molecule is O=C(Nc1onc2c1CNCC2)c1ccc(Cl)s1. The Balaban J connectivity index is 1.80. The Bertz CT molecular complexity index is 593. The highest BCUT2D eigenvalue weighted by Crippen LogP contribution is 2.25. The Morgan fingerprint density at radius 2 is 2.44 bits per heavy atom. The van der Waals surface area contributed by atoms with E-state index >= 15 is 0 Å². The van der Waals surface area contributed by atoms with Gasteiger partial charge in [-0.3, -0.25) is 10.1 Å². The van der Waals surface area contributed by atoms with Crippen molar-refractivity contribution >= 4 is 34.7 Å². The number of hydrogen-bond acceptors (Lipinski definition) is 5. The van der Waals surface area contributed by atoms with Gasteiger partial charge in [0.05, 0.1) is 20.5 Å². The van der Waals surface area contributed by atoms with Crippen LogP contribution >= 0.6 is 22.9 Å². The van der Waals surface area contributed by atoms with Gasteiger partial charge in [0.15, 0.2) is 0 Å². The molecule has 1 aliphatic rings. The first-order chi connectivity index (χ1) is 8.74. The van der Waals surface area contributed by atoms with Crippen LogP contribution in [0.25, 0.3) is 0 Å². The minimum Gasteiger partial charge on any atom is -0.338 e. The number of thiophene rings is 1. The van der Waals surface area contributed by atoms with Gasteiger partial charge in [-0.2, -0.15) is 0 Å². The summed E-state index contributed by atoms with van der Waals surface area (Å²) in [6.45, 7) is 1.55. The van der Waals surface area contributed by atoms with E-state index in [9.17, 15) is 4.79 Å². The third-order valence-electron chi connectivity index (χ3n) is 2.73. The molecule has 0 saturated carbocycles. The normalized spacial score (nSPS) is 14.3. The van der Waals surface area contributed by atoms with Crippen molar-refractivity contribution in [1.29, 1.82) is 0 Å². The van der Waals surface area contributed by atoms with Gasteiger partial charge in [0.25, 0.3) is 5.91 Å². The second kappa shape index (κ2) is 4.72. The Morgan fingerprint density at radius 1 is 1.56 bits per heavy atom. The Morgan fingerprint density at radius 3 is 3.22 bits per heavy atom. The van der Waals surface area contributed by atoms with E-state index in [4.69, 9.17) is 16.1 Å². The first-order valence-electron chi connectivity index (χ1n) is 5.49. The van der Waals surface area contributed by atoms with Gasteiger partial charge in [-0.1, -0.05) is 16.8 Å². The molecule has 0 aromatic carbocycles. The topological polar surface area (TPSA) is 67.2 Å². The molecule has 0 spiro atoms. The van der Waals surface area contributed by atoms with Crippen molar-refractivity contribution < 1.29 is 9.32 Å². The molecule has 0 fully saturated rings. The lowest BCUT2D eigenvalue weighted by molar-refractivity contribution is 0.102. The average molecular weight is 284 g/mol. The highest BCUT2D eigenvalue weighted by atomic mass is 35.5. The molecule has 0 saturated heterocycles. The van der Waals surface area contributed by atoms with Crippen LogP contribution in [-0.4, -0.2) is 17.6 Å². The number of rotatable bonds is 2. The average Bonchev–Trinajstić information content (AvgIpc) is 2.97. The first-order valence-corrected chi connectivity index (χ1v) is 6.68. The van der Waals surface area contributed by atoms with E-state index in [1.165, 1.54) is 11.3 Å². The molecule has 2 aromatic heterocycles. The van der Waals surface area contributed by atoms with Gasteiger partial charge < -0.3 is 9.84 Å². The summed E-state index contributed by atoms with van der Waals surface area (Å²) in [6, 6.07) is 3.38. The summed E-state index contributed by atoms with van der Waals surface area (Å²) in [4.78, 5) is 12.5. The zero-order valence-corrected chi connectivity index (χ0v) is 10.9. The Kier molecular flexibility index (Phi) is 3.07. The predicted octanol–water partition coefficient (Wildman–Crippen LogP) is 2.29. The minimum absolute atomic E-state index is 0.226. The van der Waals surface area contributed by atoms with E-state index in [-0.39, 0.29) is 5.91 Å². The number of amides is 1. The number of carbonyl (C=O) groups is 1. The molecular formula is C11H10ClN3O2S. The van der Waals surface area contributed by atoms with E-state index in [2.05, 4.69) is 15.8 Å². The van der Waals surface area contributed by atoms with Gasteiger partial charge in [0.1, 0.15) is 0 Å². The molecule has 0 aliphatic carbocycles. The van der Waals surface area contributed by atoms with Crippen molar-refractivity contribution in [2.24, 2.45) is 0 Å². The van der Waals surface area contributed by atoms with Crippen molar-refractivity contribution in [1.82, 2.24) is 10.5 Å². The van der Waals surface area contributed by atoms with E-state index in [1.54, 1.807) is 12.1 Å². The maximum Gasteiger partial charge on any atom is 0.268 e. The molecule has 94 valence electrons. The number of aromatic nitrogens is 1. The minimum atomic E-state index is -0.226. The van der Waals surface area contributed by atoms with E-state index < -0.39 is 0 Å². The molecule has 0 radical (unpaired) electrons. The standard InChI is InChI=1S/C11H10ClN3O2S/c12-9-2-1-8(18-9)10(16)14-11-6-5-13-4-3-7(6)15-17-11/h1-2,13H,3-5H2,(H,14,16). The second-order valence-electron chi connectivity index (χ2n) is 3.92. The summed E-state index contributed by atoms with van der Waals surface area (Å²) in [6.07, 6.45) is 0.819. The highest BCUT2D eigenvalue weighted by Gasteiger charge is 2.21. The number of hydrogen-bond donors (Lipinski definition) is 2. The first kappa shape index (κ1) is 11.7. The third kappa shape index (κ3) is 2.14. The second-order valence-corrected chi connectivity index (χ2v) is 5.64. The molecule has 0 atom stereocenters. The summed E-state index contributed by atoms with van der Waals surface area (Å²) >= 11 is 7.03. The van der Waals surface area contributed by atoms with Crippen LogP contribution in [0.1, 0.15) is 20.9 Å². The van der Waals surface area contributed by atoms with Gasteiger partial charge >= 0.3 is 0 Å². The van der Waals surface area contributed by atoms with Crippen LogP contribution in [0.4, 0.5) is 5.88 Å². The quantitative estimate of drug-likeness (QED) is 0.887. The van der Waals surface area contributed by atoms with Gasteiger partial charge in [-0.15, -0.1) is 11.3 Å². The van der Waals surface area contributed by atoms with Gasteiger partial charge in [0.2, 0.25) is 5.88 Å². The van der Waals surface area contributed by atoms with Crippen LogP contribution in [0.2, 0.25) is 4.34 Å². The monoisotopic (exact) mass is 283 g/mol. The van der Waals surface area contributed by atoms with Crippen molar-refractivity contribution in [3.05, 3.63) is 32.6 Å². The van der Waals surface area contributed by atoms with Crippen LogP contribution in [0.5, 0.6) is 0 Å². The molecule has 0 unspecified atom stereocenters. The van der Waals surface area contributed by atoms with E-state index in [0.717, 1.165) is 24.2 Å². The van der Waals surface area contributed by atoms with Crippen molar-refractivity contribution in [2.75, 3.05) is 11.9 Å². The highest BCUT2D eigenvalue weighted by molar-refractivity contribution is 7.18. The van der Waals surface area contributed by atoms with Crippen LogP contribution in [-0.2, 0) is 13.0 Å². The Hall–Kier alpha value is -1.37. The lowest BCUT2D eigenvalue weighted by Gasteiger charge is -2.11. The summed E-state index contributed by atoms with van der Waals surface area (Å²) in [5.74, 6) is 0.197. The maximum absolute atomic E-state index is 11.9. The molecule has 5 nitrogen and oxygen atoms in total. The molecule has 0 bridgehead atoms. The lowest BCUT2D eigenvalue weighted by Crippen LogP contribution is -2.24. The van der Waals surface area contributed by atoms with Crippen LogP contribution in [0.3, 0.4) is 0 Å². The lowest BCUT2D eigenvalue weighted by atomic mass is 10.1. The summed E-state index contributed by atoms with van der Waals surface area (Å²) in [5.41, 5.74) is 1.84. The van der Waals surface area contributed by atoms with Crippen LogP contribution < -0.4 is 10.6 Å². The Labute approximate surface area is 112 Å². The molecule has 7 heteroatoms. The van der Waals surface area contributed by atoms with Gasteiger partial charge in [-0.05, 0) is 12.1 Å². The molecule has 3 rings (SSSR count). The summed E-state index contributed by atoms with van der Waals surface area (Å²) in [7, 11) is 0. The zero-order valence-electron chi connectivity index (χ0n) is 9.33. The van der Waals surface area contributed by atoms with Crippen molar-refractivity contribution in [3.63, 3.8) is 0 Å². The number of carbonyl (C=O) groups excluding carboxylic acids is 1. The van der Waals surface area contributed by atoms with E-state index in [1.807, 2.05) is 0 Å². The third-order valence-corrected chi connectivity index (χ3v) is 3.96. The smallest absolute Gasteiger partial charge is 0.268 e. The number of fused-ring (bicyclic) bond motifs is 1. The fourth-order valence-corrected chi connectivity index (χ4v) is 2.78. The number of halogens is 1. The largest absolute Gasteiger partial charge is 0.338 e.